The number of hydrogen-bond donors (Lipinski definition) is 1. The Hall–Kier alpha value is -1.39. The van der Waals surface area contributed by atoms with Crippen LogP contribution in [0.4, 0.5) is 5.95 Å². The molecule has 1 N–H and O–H groups in total. The Kier molecular flexibility index (Phi) is 2.59. The molecule has 0 aromatic carbocycles. The van der Waals surface area contributed by atoms with Crippen LogP contribution in [0.15, 0.2) is 4.79 Å². The summed E-state index contributed by atoms with van der Waals surface area (Å²) in [7, 11) is 3.60. The van der Waals surface area contributed by atoms with Crippen molar-refractivity contribution in [3.05, 3.63) is 16.0 Å². The maximum absolute atomic E-state index is 11.6. The minimum atomic E-state index is -0.272. The third-order valence-electron chi connectivity index (χ3n) is 1.82. The summed E-state index contributed by atoms with van der Waals surface area (Å²) in [6.07, 6.45) is 0. The van der Waals surface area contributed by atoms with Crippen LogP contribution in [0.1, 0.15) is 26.5 Å². The first-order chi connectivity index (χ1) is 6.32. The average molecular weight is 196 g/mol. The highest BCUT2D eigenvalue weighted by Crippen LogP contribution is 2.15. The second-order valence-corrected chi connectivity index (χ2v) is 4.47. The first kappa shape index (κ1) is 10.7. The predicted molar refractivity (Wildman–Crippen MR) is 55.7 cm³/mol. The molecule has 0 radical (unpaired) electrons. The summed E-state index contributed by atoms with van der Waals surface area (Å²) in [5, 5.41) is 7.86. The SMILES string of the molecule is CN(C)c1nnc(C(C)(C)C)c(=O)[nH]1. The minimum Gasteiger partial charge on any atom is -0.347 e. The zero-order chi connectivity index (χ0) is 10.9. The Bertz CT molecular complexity index is 375. The molecular formula is C9H16N4O. The topological polar surface area (TPSA) is 61.9 Å². The van der Waals surface area contributed by atoms with Gasteiger partial charge in [-0.25, -0.2) is 0 Å². The van der Waals surface area contributed by atoms with Crippen LogP contribution >= 0.6 is 0 Å². The van der Waals surface area contributed by atoms with Gasteiger partial charge in [-0.3, -0.25) is 9.78 Å². The highest BCUT2D eigenvalue weighted by atomic mass is 16.1. The maximum atomic E-state index is 11.6. The second-order valence-electron chi connectivity index (χ2n) is 4.47. The summed E-state index contributed by atoms with van der Waals surface area (Å²) < 4.78 is 0. The molecule has 0 fully saturated rings. The van der Waals surface area contributed by atoms with Gasteiger partial charge in [0.05, 0.1) is 0 Å². The molecule has 0 atom stereocenters. The molecule has 5 heteroatoms. The normalized spacial score (nSPS) is 11.5. The van der Waals surface area contributed by atoms with Gasteiger partial charge >= 0.3 is 0 Å². The number of aromatic nitrogens is 3. The smallest absolute Gasteiger partial charge is 0.274 e. The molecule has 78 valence electrons. The number of rotatable bonds is 1. The predicted octanol–water partition coefficient (Wildman–Crippen LogP) is 0.528. The van der Waals surface area contributed by atoms with E-state index in [1.807, 2.05) is 20.8 Å². The van der Waals surface area contributed by atoms with Crippen molar-refractivity contribution in [3.8, 4) is 0 Å². The number of hydrogen-bond acceptors (Lipinski definition) is 4. The van der Waals surface area contributed by atoms with Crippen LogP contribution in [0.25, 0.3) is 0 Å². The van der Waals surface area contributed by atoms with Crippen molar-refractivity contribution in [2.24, 2.45) is 0 Å². The quantitative estimate of drug-likeness (QED) is 0.711. The molecule has 0 unspecified atom stereocenters. The van der Waals surface area contributed by atoms with Crippen LogP contribution in [0, 0.1) is 0 Å². The lowest BCUT2D eigenvalue weighted by Crippen LogP contribution is -2.29. The van der Waals surface area contributed by atoms with Crippen molar-refractivity contribution < 1.29 is 0 Å². The number of nitrogens with one attached hydrogen (secondary N) is 1. The highest BCUT2D eigenvalue weighted by molar-refractivity contribution is 5.24. The van der Waals surface area contributed by atoms with Crippen LogP contribution in [-0.2, 0) is 5.41 Å². The Morgan fingerprint density at radius 1 is 1.21 bits per heavy atom. The van der Waals surface area contributed by atoms with Crippen molar-refractivity contribution in [2.75, 3.05) is 19.0 Å². The van der Waals surface area contributed by atoms with Gasteiger partial charge in [0.1, 0.15) is 5.69 Å². The average Bonchev–Trinajstić information content (AvgIpc) is 2.01. The molecule has 1 heterocycles. The fraction of sp³-hybridized carbons (Fsp3) is 0.667. The molecule has 1 rings (SSSR count). The number of aromatic amines is 1. The lowest BCUT2D eigenvalue weighted by molar-refractivity contribution is 0.546. The Labute approximate surface area is 83.2 Å². The largest absolute Gasteiger partial charge is 0.347 e. The zero-order valence-corrected chi connectivity index (χ0v) is 9.25. The summed E-state index contributed by atoms with van der Waals surface area (Å²) in [5.74, 6) is 0.475. The third-order valence-corrected chi connectivity index (χ3v) is 1.82. The van der Waals surface area contributed by atoms with Gasteiger partial charge in [0.2, 0.25) is 5.95 Å². The Morgan fingerprint density at radius 3 is 2.14 bits per heavy atom. The fourth-order valence-corrected chi connectivity index (χ4v) is 1.02. The number of H-pyrrole nitrogens is 1. The second kappa shape index (κ2) is 3.40. The van der Waals surface area contributed by atoms with Crippen molar-refractivity contribution in [1.82, 2.24) is 15.2 Å². The molecule has 0 aliphatic heterocycles. The molecule has 0 amide bonds. The van der Waals surface area contributed by atoms with Gasteiger partial charge < -0.3 is 4.90 Å². The van der Waals surface area contributed by atoms with Crippen LogP contribution in [0.5, 0.6) is 0 Å². The van der Waals surface area contributed by atoms with Gasteiger partial charge in [-0.1, -0.05) is 20.8 Å². The number of anilines is 1. The molecule has 0 bridgehead atoms. The third kappa shape index (κ3) is 2.10. The van der Waals surface area contributed by atoms with E-state index in [0.29, 0.717) is 11.6 Å². The fourth-order valence-electron chi connectivity index (χ4n) is 1.02. The van der Waals surface area contributed by atoms with Crippen molar-refractivity contribution in [1.29, 1.82) is 0 Å². The lowest BCUT2D eigenvalue weighted by atomic mass is 9.93. The molecule has 0 saturated carbocycles. The summed E-state index contributed by atoms with van der Waals surface area (Å²) in [4.78, 5) is 16.0. The minimum absolute atomic E-state index is 0.170. The van der Waals surface area contributed by atoms with Crippen LogP contribution in [-0.4, -0.2) is 29.3 Å². The molecular weight excluding hydrogens is 180 g/mol. The van der Waals surface area contributed by atoms with Gasteiger partial charge in [0.25, 0.3) is 5.56 Å². The first-order valence-electron chi connectivity index (χ1n) is 4.47. The van der Waals surface area contributed by atoms with Crippen molar-refractivity contribution in [2.45, 2.75) is 26.2 Å². The van der Waals surface area contributed by atoms with E-state index in [1.165, 1.54) is 0 Å². The zero-order valence-electron chi connectivity index (χ0n) is 9.25. The molecule has 14 heavy (non-hydrogen) atoms. The molecule has 1 aromatic rings. The summed E-state index contributed by atoms with van der Waals surface area (Å²) in [5.41, 5.74) is 0.0186. The van der Waals surface area contributed by atoms with Gasteiger partial charge in [-0.05, 0) is 0 Å². The maximum Gasteiger partial charge on any atom is 0.274 e. The van der Waals surface area contributed by atoms with Crippen LogP contribution in [0.3, 0.4) is 0 Å². The van der Waals surface area contributed by atoms with E-state index < -0.39 is 0 Å². The van der Waals surface area contributed by atoms with E-state index in [2.05, 4.69) is 15.2 Å². The van der Waals surface area contributed by atoms with E-state index in [1.54, 1.807) is 19.0 Å². The molecule has 1 aromatic heterocycles. The number of nitrogens with zero attached hydrogens (tertiary/aromatic N) is 3. The van der Waals surface area contributed by atoms with Crippen molar-refractivity contribution >= 4 is 5.95 Å². The molecule has 0 saturated heterocycles. The van der Waals surface area contributed by atoms with E-state index >= 15 is 0 Å². The highest BCUT2D eigenvalue weighted by Gasteiger charge is 2.20. The first-order valence-corrected chi connectivity index (χ1v) is 4.47. The summed E-state index contributed by atoms with van der Waals surface area (Å²) >= 11 is 0. The molecule has 0 aliphatic rings. The molecule has 5 nitrogen and oxygen atoms in total. The van der Waals surface area contributed by atoms with Gasteiger partial charge in [-0.2, -0.15) is 0 Å². The van der Waals surface area contributed by atoms with E-state index in [4.69, 9.17) is 0 Å². The monoisotopic (exact) mass is 196 g/mol. The Balaban J connectivity index is 3.22. The van der Waals surface area contributed by atoms with Crippen LogP contribution in [0.2, 0.25) is 0 Å². The molecule has 0 aliphatic carbocycles. The van der Waals surface area contributed by atoms with Gasteiger partial charge in [-0.15, -0.1) is 10.2 Å². The summed E-state index contributed by atoms with van der Waals surface area (Å²) in [6.45, 7) is 5.80. The van der Waals surface area contributed by atoms with E-state index in [9.17, 15) is 4.79 Å². The van der Waals surface area contributed by atoms with E-state index in [0.717, 1.165) is 0 Å². The van der Waals surface area contributed by atoms with Crippen LogP contribution < -0.4 is 10.5 Å². The van der Waals surface area contributed by atoms with E-state index in [-0.39, 0.29) is 11.0 Å². The van der Waals surface area contributed by atoms with Crippen molar-refractivity contribution in [3.63, 3.8) is 0 Å². The van der Waals surface area contributed by atoms with Gasteiger partial charge in [0, 0.05) is 19.5 Å². The lowest BCUT2D eigenvalue weighted by Gasteiger charge is -2.16. The standard InChI is InChI=1S/C9H16N4O/c1-9(2,3)6-7(14)10-8(12-11-6)13(4)5/h1-5H3,(H,10,12,14). The molecule has 0 spiro atoms. The van der Waals surface area contributed by atoms with Gasteiger partial charge in [0.15, 0.2) is 0 Å². The summed E-state index contributed by atoms with van der Waals surface area (Å²) in [6, 6.07) is 0. The Morgan fingerprint density at radius 2 is 1.79 bits per heavy atom.